The number of carbonyl (C=O) groups excluding carboxylic acids is 2. The van der Waals surface area contributed by atoms with E-state index >= 15 is 8.78 Å². The Bertz CT molecular complexity index is 1340. The predicted molar refractivity (Wildman–Crippen MR) is 149 cm³/mol. The molecule has 2 N–H and O–H groups in total. The highest BCUT2D eigenvalue weighted by Gasteiger charge is 2.52. The molecule has 3 aliphatic rings. The molecular formula is C28H34F5N7O3. The zero-order valence-corrected chi connectivity index (χ0v) is 23.9. The Morgan fingerprint density at radius 3 is 2.49 bits per heavy atom. The van der Waals surface area contributed by atoms with E-state index in [4.69, 9.17) is 4.74 Å². The van der Waals surface area contributed by atoms with E-state index in [0.29, 0.717) is 24.1 Å². The Balaban J connectivity index is 1.44. The molecule has 0 radical (unpaired) electrons. The molecule has 0 spiro atoms. The molecule has 0 atom stereocenters. The Labute approximate surface area is 245 Å². The molecule has 2 fully saturated rings. The largest absolute Gasteiger partial charge is 0.495 e. The minimum Gasteiger partial charge on any atom is -0.495 e. The van der Waals surface area contributed by atoms with Crippen molar-refractivity contribution in [3.63, 3.8) is 0 Å². The summed E-state index contributed by atoms with van der Waals surface area (Å²) in [5.41, 5.74) is 0.262. The van der Waals surface area contributed by atoms with Crippen LogP contribution in [0.4, 0.5) is 45.1 Å². The standard InChI is InChI=1S/C28H34F5N7O3/c1-38-11-9-18(10-12-38)35-24(41)17-7-8-20(22(13-17)43-2)36-26-34-14-21-23(37-26)39(19-5-3-4-6-19)15-27(29,30)25(42)40(21)16-28(31,32)33/h7-8,13-14,18-19H,3-6,9-12,15-16H2,1-2H3,(H,35,41)(H,34,36,37). The van der Waals surface area contributed by atoms with Crippen molar-refractivity contribution in [1.82, 2.24) is 20.2 Å². The lowest BCUT2D eigenvalue weighted by Crippen LogP contribution is -2.51. The highest BCUT2D eigenvalue weighted by Crippen LogP contribution is 2.41. The van der Waals surface area contributed by atoms with Crippen molar-refractivity contribution in [3.8, 4) is 5.75 Å². The molecule has 0 bridgehead atoms. The molecule has 1 aromatic heterocycles. The van der Waals surface area contributed by atoms with Gasteiger partial charge >= 0.3 is 12.1 Å². The number of rotatable bonds is 7. The van der Waals surface area contributed by atoms with Crippen LogP contribution in [-0.2, 0) is 4.79 Å². The molecule has 1 aromatic carbocycles. The SMILES string of the molecule is COc1cc(C(=O)NC2CCN(C)CC2)ccc1Nc1ncc2c(n1)N(C1CCCC1)CC(F)(F)C(=O)N2CC(F)(F)F. The average Bonchev–Trinajstić information content (AvgIpc) is 3.48. The number of aromatic nitrogens is 2. The normalized spacial score (nSPS) is 20.1. The Hall–Kier alpha value is -3.75. The van der Waals surface area contributed by atoms with E-state index in [1.54, 1.807) is 12.1 Å². The molecular weight excluding hydrogens is 577 g/mol. The van der Waals surface area contributed by atoms with Crippen LogP contribution in [0.2, 0.25) is 0 Å². The molecule has 2 aromatic rings. The van der Waals surface area contributed by atoms with Gasteiger partial charge in [-0.15, -0.1) is 0 Å². The number of benzene rings is 1. The van der Waals surface area contributed by atoms with Crippen LogP contribution in [0.25, 0.3) is 0 Å². The first-order valence-electron chi connectivity index (χ1n) is 14.2. The van der Waals surface area contributed by atoms with E-state index in [-0.39, 0.29) is 34.4 Å². The van der Waals surface area contributed by atoms with Crippen molar-refractivity contribution in [1.29, 1.82) is 0 Å². The Kier molecular flexibility index (Phi) is 8.63. The summed E-state index contributed by atoms with van der Waals surface area (Å²) < 4.78 is 75.9. The summed E-state index contributed by atoms with van der Waals surface area (Å²) in [6.45, 7) is -1.23. The molecule has 2 aliphatic heterocycles. The van der Waals surface area contributed by atoms with E-state index in [9.17, 15) is 22.8 Å². The van der Waals surface area contributed by atoms with Crippen LogP contribution in [0.5, 0.6) is 5.75 Å². The Morgan fingerprint density at radius 1 is 1.14 bits per heavy atom. The number of carbonyl (C=O) groups is 2. The van der Waals surface area contributed by atoms with Gasteiger partial charge in [0, 0.05) is 17.6 Å². The van der Waals surface area contributed by atoms with E-state index in [1.165, 1.54) is 18.1 Å². The van der Waals surface area contributed by atoms with Crippen molar-refractivity contribution in [3.05, 3.63) is 30.0 Å². The Morgan fingerprint density at radius 2 is 1.84 bits per heavy atom. The molecule has 3 heterocycles. The van der Waals surface area contributed by atoms with Crippen molar-refractivity contribution < 1.29 is 36.3 Å². The fraction of sp³-hybridized carbons (Fsp3) is 0.571. The molecule has 43 heavy (non-hydrogen) atoms. The second-order valence-electron chi connectivity index (χ2n) is 11.3. The number of piperidine rings is 1. The van der Waals surface area contributed by atoms with Gasteiger partial charge in [-0.1, -0.05) is 12.8 Å². The number of ether oxygens (including phenoxy) is 1. The first-order chi connectivity index (χ1) is 20.3. The van der Waals surface area contributed by atoms with Crippen molar-refractivity contribution in [2.75, 3.05) is 55.5 Å². The highest BCUT2D eigenvalue weighted by atomic mass is 19.4. The van der Waals surface area contributed by atoms with Gasteiger partial charge in [-0.2, -0.15) is 26.9 Å². The van der Waals surface area contributed by atoms with Gasteiger partial charge in [0.1, 0.15) is 18.0 Å². The number of fused-ring (bicyclic) bond motifs is 1. The summed E-state index contributed by atoms with van der Waals surface area (Å²) in [5.74, 6) is -6.31. The fourth-order valence-corrected chi connectivity index (χ4v) is 5.82. The smallest absolute Gasteiger partial charge is 0.406 e. The van der Waals surface area contributed by atoms with Crippen LogP contribution < -0.4 is 25.2 Å². The summed E-state index contributed by atoms with van der Waals surface area (Å²) in [4.78, 5) is 37.5. The summed E-state index contributed by atoms with van der Waals surface area (Å²) >= 11 is 0. The second-order valence-corrected chi connectivity index (χ2v) is 11.3. The molecule has 15 heteroatoms. The summed E-state index contributed by atoms with van der Waals surface area (Å²) in [7, 11) is 3.43. The number of amides is 2. The number of alkyl halides is 5. The molecule has 1 aliphatic carbocycles. The number of anilines is 4. The van der Waals surface area contributed by atoms with E-state index < -0.39 is 42.8 Å². The van der Waals surface area contributed by atoms with Crippen molar-refractivity contribution in [2.24, 2.45) is 0 Å². The third kappa shape index (κ3) is 6.92. The summed E-state index contributed by atoms with van der Waals surface area (Å²) in [6.07, 6.45) is 0.274. The number of likely N-dealkylation sites (tertiary alicyclic amines) is 1. The zero-order chi connectivity index (χ0) is 30.9. The monoisotopic (exact) mass is 611 g/mol. The molecule has 234 valence electrons. The van der Waals surface area contributed by atoms with Crippen molar-refractivity contribution in [2.45, 2.75) is 62.7 Å². The molecule has 2 amide bonds. The maximum atomic E-state index is 15.1. The lowest BCUT2D eigenvalue weighted by Gasteiger charge is -2.31. The van der Waals surface area contributed by atoms with Crippen LogP contribution in [0.1, 0.15) is 48.9 Å². The van der Waals surface area contributed by atoms with E-state index in [0.717, 1.165) is 45.0 Å². The van der Waals surface area contributed by atoms with Gasteiger partial charge in [-0.25, -0.2) is 4.98 Å². The molecule has 0 unspecified atom stereocenters. The number of nitrogens with one attached hydrogen (secondary N) is 2. The molecule has 1 saturated heterocycles. The van der Waals surface area contributed by atoms with Gasteiger partial charge in [0.2, 0.25) is 5.95 Å². The van der Waals surface area contributed by atoms with Gasteiger partial charge in [0.05, 0.1) is 25.5 Å². The van der Waals surface area contributed by atoms with Crippen LogP contribution in [0.15, 0.2) is 24.4 Å². The molecule has 5 rings (SSSR count). The third-order valence-corrected chi connectivity index (χ3v) is 8.11. The van der Waals surface area contributed by atoms with Crippen LogP contribution >= 0.6 is 0 Å². The summed E-state index contributed by atoms with van der Waals surface area (Å²) in [5, 5.41) is 5.96. The zero-order valence-electron chi connectivity index (χ0n) is 23.9. The quantitative estimate of drug-likeness (QED) is 0.446. The van der Waals surface area contributed by atoms with Crippen LogP contribution in [-0.4, -0.2) is 91.2 Å². The highest BCUT2D eigenvalue weighted by molar-refractivity contribution is 6.02. The molecule has 1 saturated carbocycles. The van der Waals surface area contributed by atoms with Gasteiger partial charge in [0.15, 0.2) is 5.82 Å². The number of halogens is 5. The summed E-state index contributed by atoms with van der Waals surface area (Å²) in [6, 6.07) is 4.31. The van der Waals surface area contributed by atoms with Gasteiger partial charge < -0.3 is 25.2 Å². The fourth-order valence-electron chi connectivity index (χ4n) is 5.82. The first-order valence-corrected chi connectivity index (χ1v) is 14.2. The van der Waals surface area contributed by atoms with Crippen molar-refractivity contribution >= 4 is 35.0 Å². The molecule has 10 nitrogen and oxygen atoms in total. The number of methoxy groups -OCH3 is 1. The van der Waals surface area contributed by atoms with Crippen LogP contribution in [0, 0.1) is 0 Å². The van der Waals surface area contributed by atoms with E-state index in [2.05, 4.69) is 25.5 Å². The lowest BCUT2D eigenvalue weighted by atomic mass is 10.0. The minimum absolute atomic E-state index is 0.0202. The maximum absolute atomic E-state index is 15.1. The number of nitrogens with zero attached hydrogens (tertiary/aromatic N) is 5. The predicted octanol–water partition coefficient (Wildman–Crippen LogP) is 4.35. The number of hydrogen-bond acceptors (Lipinski definition) is 8. The number of hydrogen-bond donors (Lipinski definition) is 2. The minimum atomic E-state index is -4.93. The third-order valence-electron chi connectivity index (χ3n) is 8.11. The second kappa shape index (κ2) is 12.1. The van der Waals surface area contributed by atoms with Gasteiger partial charge in [0.25, 0.3) is 11.8 Å². The van der Waals surface area contributed by atoms with Gasteiger partial charge in [-0.05, 0) is 64.0 Å². The maximum Gasteiger partial charge on any atom is 0.406 e. The van der Waals surface area contributed by atoms with Crippen LogP contribution in [0.3, 0.4) is 0 Å². The lowest BCUT2D eigenvalue weighted by molar-refractivity contribution is -0.148. The first kappa shape index (κ1) is 30.7. The average molecular weight is 612 g/mol. The topological polar surface area (TPSA) is 103 Å². The van der Waals surface area contributed by atoms with Gasteiger partial charge in [-0.3, -0.25) is 14.5 Å². The van der Waals surface area contributed by atoms with E-state index in [1.807, 2.05) is 7.05 Å².